The number of Topliss-reactive ketones (excluding diaryl/α,β-unsaturated/α-hetero) is 1. The molecule has 2 aromatic rings. The zero-order valence-electron chi connectivity index (χ0n) is 16.9. The minimum absolute atomic E-state index is 0.0838. The molecule has 2 aliphatic rings. The summed E-state index contributed by atoms with van der Waals surface area (Å²) in [5, 5.41) is 0. The maximum absolute atomic E-state index is 12.6. The number of hydrogen-bond acceptors (Lipinski definition) is 4. The van der Waals surface area contributed by atoms with Gasteiger partial charge in [0.2, 0.25) is 5.82 Å². The molecule has 5 nitrogen and oxygen atoms in total. The lowest BCUT2D eigenvalue weighted by Gasteiger charge is -2.34. The Balaban J connectivity index is 1.63. The van der Waals surface area contributed by atoms with Crippen LogP contribution in [-0.4, -0.2) is 35.7 Å². The highest BCUT2D eigenvalue weighted by molar-refractivity contribution is 5.99. The number of aromatic nitrogens is 1. The number of nitrogens with zero attached hydrogens (tertiary/aromatic N) is 3. The second-order valence-electron chi connectivity index (χ2n) is 8.94. The summed E-state index contributed by atoms with van der Waals surface area (Å²) in [6, 6.07) is 12.4. The van der Waals surface area contributed by atoms with E-state index in [1.165, 1.54) is 12.6 Å². The normalized spacial score (nSPS) is 19.4. The Morgan fingerprint density at radius 1 is 1.11 bits per heavy atom. The number of ketones is 1. The SMILES string of the molecule is C[N+](=O)c1cc2c(nc1N1CCC(c3ccccc3)CC1)CC(C)(C)CC2=O. The number of carbonyl (C=O) groups is 1. The topological polar surface area (TPSA) is 53.3 Å². The highest BCUT2D eigenvalue weighted by Gasteiger charge is 2.36. The average molecular weight is 378 g/mol. The third-order valence-corrected chi connectivity index (χ3v) is 6.05. The predicted octanol–water partition coefficient (Wildman–Crippen LogP) is 4.66. The van der Waals surface area contributed by atoms with Gasteiger partial charge in [-0.15, -0.1) is 0 Å². The lowest BCUT2D eigenvalue weighted by Crippen LogP contribution is -2.35. The van der Waals surface area contributed by atoms with E-state index < -0.39 is 0 Å². The molecule has 0 spiro atoms. The van der Waals surface area contributed by atoms with Gasteiger partial charge in [-0.3, -0.25) is 4.79 Å². The van der Waals surface area contributed by atoms with Crippen molar-refractivity contribution in [3.8, 4) is 0 Å². The van der Waals surface area contributed by atoms with E-state index in [1.54, 1.807) is 6.07 Å². The molecule has 0 amide bonds. The van der Waals surface area contributed by atoms with Gasteiger partial charge in [0.25, 0.3) is 5.69 Å². The number of nitroso groups, excluding NO2 is 1. The first kappa shape index (κ1) is 18.8. The molecule has 1 fully saturated rings. The van der Waals surface area contributed by atoms with Crippen molar-refractivity contribution < 1.29 is 9.55 Å². The standard InChI is InChI=1S/C23H28N3O2/c1-23(2)14-19-18(21(27)15-23)13-20(25(3)28)22(24-19)26-11-9-17(10-12-26)16-7-5-4-6-8-16/h4-8,13,17H,9-12,14-15H2,1-3H3/q+1. The van der Waals surface area contributed by atoms with Crippen molar-refractivity contribution in [3.05, 3.63) is 58.1 Å². The number of pyridine rings is 1. The highest BCUT2D eigenvalue weighted by Crippen LogP contribution is 2.39. The molecule has 1 aromatic heterocycles. The van der Waals surface area contributed by atoms with E-state index in [-0.39, 0.29) is 11.2 Å². The van der Waals surface area contributed by atoms with Crippen molar-refractivity contribution in [3.63, 3.8) is 0 Å². The van der Waals surface area contributed by atoms with E-state index in [0.717, 1.165) is 48.6 Å². The lowest BCUT2D eigenvalue weighted by molar-refractivity contribution is -0.427. The van der Waals surface area contributed by atoms with Gasteiger partial charge in [0, 0.05) is 40.8 Å². The molecule has 0 atom stereocenters. The van der Waals surface area contributed by atoms with Crippen LogP contribution in [0.5, 0.6) is 0 Å². The number of hydrogen-bond donors (Lipinski definition) is 0. The molecule has 0 bridgehead atoms. The molecular weight excluding hydrogens is 350 g/mol. The summed E-state index contributed by atoms with van der Waals surface area (Å²) in [6.07, 6.45) is 3.35. The van der Waals surface area contributed by atoms with Gasteiger partial charge < -0.3 is 4.90 Å². The van der Waals surface area contributed by atoms with Crippen molar-refractivity contribution >= 4 is 17.3 Å². The van der Waals surface area contributed by atoms with Gasteiger partial charge in [-0.05, 0) is 36.2 Å². The van der Waals surface area contributed by atoms with E-state index in [4.69, 9.17) is 4.98 Å². The van der Waals surface area contributed by atoms with Crippen LogP contribution < -0.4 is 4.90 Å². The Labute approximate surface area is 166 Å². The molecule has 0 N–H and O–H groups in total. The summed E-state index contributed by atoms with van der Waals surface area (Å²) < 4.78 is 0.846. The van der Waals surface area contributed by atoms with E-state index >= 15 is 0 Å². The van der Waals surface area contributed by atoms with Gasteiger partial charge in [-0.25, -0.2) is 4.98 Å². The molecule has 0 saturated carbocycles. The molecule has 2 heterocycles. The Morgan fingerprint density at radius 3 is 2.43 bits per heavy atom. The Bertz CT molecular complexity index is 913. The third kappa shape index (κ3) is 3.58. The first-order valence-corrected chi connectivity index (χ1v) is 10.1. The van der Waals surface area contributed by atoms with Crippen LogP contribution in [0.4, 0.5) is 11.5 Å². The quantitative estimate of drug-likeness (QED) is 0.729. The Kier molecular flexibility index (Phi) is 4.77. The van der Waals surface area contributed by atoms with Crippen LogP contribution in [0.25, 0.3) is 0 Å². The zero-order valence-corrected chi connectivity index (χ0v) is 16.9. The molecular formula is C23H28N3O2+. The van der Waals surface area contributed by atoms with E-state index in [0.29, 0.717) is 23.6 Å². The first-order chi connectivity index (χ1) is 13.3. The van der Waals surface area contributed by atoms with Gasteiger partial charge >= 0.3 is 0 Å². The summed E-state index contributed by atoms with van der Waals surface area (Å²) in [7, 11) is 1.49. The molecule has 1 aliphatic heterocycles. The average Bonchev–Trinajstić information content (AvgIpc) is 2.67. The Morgan fingerprint density at radius 2 is 1.79 bits per heavy atom. The third-order valence-electron chi connectivity index (χ3n) is 6.05. The van der Waals surface area contributed by atoms with Crippen LogP contribution in [0.15, 0.2) is 36.4 Å². The maximum Gasteiger partial charge on any atom is 0.298 e. The van der Waals surface area contributed by atoms with Gasteiger partial charge in [-0.2, -0.15) is 0 Å². The summed E-state index contributed by atoms with van der Waals surface area (Å²) >= 11 is 0. The largest absolute Gasteiger partial charge is 0.351 e. The molecule has 28 heavy (non-hydrogen) atoms. The maximum atomic E-state index is 12.6. The summed E-state index contributed by atoms with van der Waals surface area (Å²) in [5.41, 5.74) is 3.27. The molecule has 0 unspecified atom stereocenters. The molecule has 5 heteroatoms. The number of carbonyl (C=O) groups excluding carboxylic acids is 1. The van der Waals surface area contributed by atoms with E-state index in [2.05, 4.69) is 49.1 Å². The summed E-state index contributed by atoms with van der Waals surface area (Å²) in [4.78, 5) is 31.9. The second-order valence-corrected chi connectivity index (χ2v) is 8.94. The monoisotopic (exact) mass is 378 g/mol. The van der Waals surface area contributed by atoms with Crippen LogP contribution in [0, 0.1) is 10.3 Å². The fourth-order valence-electron chi connectivity index (χ4n) is 4.57. The van der Waals surface area contributed by atoms with Crippen molar-refractivity contribution in [2.24, 2.45) is 5.41 Å². The van der Waals surface area contributed by atoms with Crippen molar-refractivity contribution in [2.75, 3.05) is 25.0 Å². The first-order valence-electron chi connectivity index (χ1n) is 10.1. The number of benzene rings is 1. The predicted molar refractivity (Wildman–Crippen MR) is 111 cm³/mol. The highest BCUT2D eigenvalue weighted by atomic mass is 16.3. The van der Waals surface area contributed by atoms with Crippen molar-refractivity contribution in [1.82, 2.24) is 4.98 Å². The minimum atomic E-state index is -0.0838. The number of fused-ring (bicyclic) bond motifs is 1. The van der Waals surface area contributed by atoms with Gasteiger partial charge in [0.15, 0.2) is 12.8 Å². The van der Waals surface area contributed by atoms with Crippen molar-refractivity contribution in [1.29, 1.82) is 0 Å². The van der Waals surface area contributed by atoms with E-state index in [1.807, 2.05) is 0 Å². The molecule has 146 valence electrons. The smallest absolute Gasteiger partial charge is 0.298 e. The molecule has 4 rings (SSSR count). The van der Waals surface area contributed by atoms with Crippen LogP contribution >= 0.6 is 0 Å². The Hall–Kier alpha value is -2.56. The summed E-state index contributed by atoms with van der Waals surface area (Å²) in [5.74, 6) is 1.37. The minimum Gasteiger partial charge on any atom is -0.351 e. The van der Waals surface area contributed by atoms with E-state index in [9.17, 15) is 9.70 Å². The van der Waals surface area contributed by atoms with Gasteiger partial charge in [0.1, 0.15) is 0 Å². The second kappa shape index (κ2) is 7.12. The molecule has 1 saturated heterocycles. The summed E-state index contributed by atoms with van der Waals surface area (Å²) in [6.45, 7) is 5.94. The van der Waals surface area contributed by atoms with Crippen LogP contribution in [0.2, 0.25) is 0 Å². The molecule has 1 aromatic carbocycles. The lowest BCUT2D eigenvalue weighted by atomic mass is 9.75. The fourth-order valence-corrected chi connectivity index (χ4v) is 4.57. The van der Waals surface area contributed by atoms with Crippen LogP contribution in [-0.2, 0) is 6.42 Å². The number of piperidine rings is 1. The van der Waals surface area contributed by atoms with Crippen LogP contribution in [0.3, 0.4) is 0 Å². The fraction of sp³-hybridized carbons (Fsp3) is 0.478. The zero-order chi connectivity index (χ0) is 19.9. The number of anilines is 1. The van der Waals surface area contributed by atoms with Crippen molar-refractivity contribution in [2.45, 2.75) is 45.4 Å². The number of rotatable bonds is 3. The molecule has 1 aliphatic carbocycles. The molecule has 0 radical (unpaired) electrons. The van der Waals surface area contributed by atoms with Gasteiger partial charge in [0.05, 0.1) is 5.69 Å². The van der Waals surface area contributed by atoms with Gasteiger partial charge in [-0.1, -0.05) is 44.2 Å². The van der Waals surface area contributed by atoms with Crippen LogP contribution in [0.1, 0.15) is 60.6 Å².